The Bertz CT molecular complexity index is 1350. The van der Waals surface area contributed by atoms with Gasteiger partial charge < -0.3 is 5.32 Å². The lowest BCUT2D eigenvalue weighted by Gasteiger charge is -2.11. The van der Waals surface area contributed by atoms with Crippen LogP contribution in [0.5, 0.6) is 0 Å². The lowest BCUT2D eigenvalue weighted by Crippen LogP contribution is -2.18. The molecule has 0 unspecified atom stereocenters. The van der Waals surface area contributed by atoms with Gasteiger partial charge in [-0.25, -0.2) is 13.9 Å². The van der Waals surface area contributed by atoms with Gasteiger partial charge >= 0.3 is 12.4 Å². The van der Waals surface area contributed by atoms with Gasteiger partial charge in [-0.3, -0.25) is 9.89 Å². The average molecular weight is 472 g/mol. The van der Waals surface area contributed by atoms with Crippen molar-refractivity contribution in [1.29, 1.82) is 0 Å². The molecule has 0 bridgehead atoms. The number of rotatable bonds is 3. The van der Waals surface area contributed by atoms with Gasteiger partial charge in [-0.15, -0.1) is 0 Å². The van der Waals surface area contributed by atoms with E-state index in [-0.39, 0.29) is 17.0 Å². The molecule has 0 radical (unpaired) electrons. The van der Waals surface area contributed by atoms with E-state index in [1.54, 1.807) is 0 Å². The third-order valence-electron chi connectivity index (χ3n) is 4.54. The van der Waals surface area contributed by atoms with E-state index < -0.39 is 52.5 Å². The number of aromatic amines is 1. The molecule has 4 rings (SSSR count). The minimum Gasteiger partial charge on any atom is -0.317 e. The highest BCUT2D eigenvalue weighted by molar-refractivity contribution is 6.04. The highest BCUT2D eigenvalue weighted by atomic mass is 19.4. The van der Waals surface area contributed by atoms with Gasteiger partial charge in [0.25, 0.3) is 5.91 Å². The van der Waals surface area contributed by atoms with Crippen LogP contribution >= 0.6 is 0 Å². The van der Waals surface area contributed by atoms with Gasteiger partial charge in [-0.2, -0.15) is 36.5 Å². The number of nitrogens with zero attached hydrogens (tertiary/aromatic N) is 4. The Balaban J connectivity index is 1.78. The molecule has 172 valence electrons. The second-order valence-corrected chi connectivity index (χ2v) is 6.85. The van der Waals surface area contributed by atoms with Crippen LogP contribution in [0.4, 0.5) is 36.4 Å². The predicted molar refractivity (Wildman–Crippen MR) is 99.7 cm³/mol. The summed E-state index contributed by atoms with van der Waals surface area (Å²) in [5, 5.41) is 10.7. The highest BCUT2D eigenvalue weighted by Gasteiger charge is 2.39. The Hall–Kier alpha value is -3.97. The molecule has 7 nitrogen and oxygen atoms in total. The molecule has 33 heavy (non-hydrogen) atoms. The fourth-order valence-corrected chi connectivity index (χ4v) is 3.02. The SMILES string of the molecule is Cc1[nH]nc(C(F)(F)F)c1NC(=O)c1cc2nc(-c3ccc(F)cc3)cc(C(F)(F)F)n2n1. The van der Waals surface area contributed by atoms with Crippen molar-refractivity contribution in [2.45, 2.75) is 19.3 Å². The molecule has 0 saturated heterocycles. The molecule has 0 aliphatic carbocycles. The third-order valence-corrected chi connectivity index (χ3v) is 4.54. The summed E-state index contributed by atoms with van der Waals surface area (Å²) in [5.41, 5.74) is -4.50. The van der Waals surface area contributed by atoms with Crippen molar-refractivity contribution in [3.8, 4) is 11.3 Å². The molecule has 2 N–H and O–H groups in total. The number of aromatic nitrogens is 5. The largest absolute Gasteiger partial charge is 0.437 e. The van der Waals surface area contributed by atoms with Crippen LogP contribution in [-0.4, -0.2) is 30.7 Å². The van der Waals surface area contributed by atoms with E-state index in [0.717, 1.165) is 18.2 Å². The van der Waals surface area contributed by atoms with Crippen LogP contribution in [0.15, 0.2) is 36.4 Å². The maximum Gasteiger partial charge on any atom is 0.437 e. The predicted octanol–water partition coefficient (Wildman–Crippen LogP) is 4.86. The Morgan fingerprint density at radius 1 is 1.03 bits per heavy atom. The third kappa shape index (κ3) is 4.23. The average Bonchev–Trinajstić information content (AvgIpc) is 3.30. The van der Waals surface area contributed by atoms with Crippen molar-refractivity contribution >= 4 is 17.2 Å². The van der Waals surface area contributed by atoms with Crippen molar-refractivity contribution in [2.24, 2.45) is 0 Å². The molecule has 1 amide bonds. The molecule has 0 spiro atoms. The number of anilines is 1. The van der Waals surface area contributed by atoms with E-state index >= 15 is 0 Å². The summed E-state index contributed by atoms with van der Waals surface area (Å²) < 4.78 is 93.7. The molecule has 1 aromatic carbocycles. The van der Waals surface area contributed by atoms with Gasteiger partial charge in [0.05, 0.1) is 17.1 Å². The zero-order valence-corrected chi connectivity index (χ0v) is 16.3. The number of benzene rings is 1. The van der Waals surface area contributed by atoms with E-state index in [1.807, 2.05) is 5.32 Å². The second-order valence-electron chi connectivity index (χ2n) is 6.85. The molecule has 14 heteroatoms. The summed E-state index contributed by atoms with van der Waals surface area (Å²) in [5.74, 6) is -1.81. The van der Waals surface area contributed by atoms with Crippen molar-refractivity contribution in [2.75, 3.05) is 5.32 Å². The molecule has 3 heterocycles. The summed E-state index contributed by atoms with van der Waals surface area (Å²) in [6.45, 7) is 1.22. The number of hydrogen-bond acceptors (Lipinski definition) is 4. The molecule has 3 aromatic heterocycles. The first kappa shape index (κ1) is 22.2. The number of aryl methyl sites for hydroxylation is 1. The minimum absolute atomic E-state index is 0.118. The lowest BCUT2D eigenvalue weighted by molar-refractivity contribution is -0.143. The van der Waals surface area contributed by atoms with E-state index in [0.29, 0.717) is 10.6 Å². The van der Waals surface area contributed by atoms with Gasteiger partial charge in [0.2, 0.25) is 0 Å². The fourth-order valence-electron chi connectivity index (χ4n) is 3.02. The van der Waals surface area contributed by atoms with E-state index in [4.69, 9.17) is 0 Å². The number of fused-ring (bicyclic) bond motifs is 1. The first-order valence-corrected chi connectivity index (χ1v) is 9.02. The van der Waals surface area contributed by atoms with Crippen molar-refractivity contribution < 1.29 is 35.5 Å². The second kappa shape index (κ2) is 7.56. The van der Waals surface area contributed by atoms with Crippen LogP contribution in [0.25, 0.3) is 16.9 Å². The smallest absolute Gasteiger partial charge is 0.317 e. The maximum absolute atomic E-state index is 13.6. The number of H-pyrrole nitrogens is 1. The number of nitrogens with one attached hydrogen (secondary N) is 2. The van der Waals surface area contributed by atoms with Crippen LogP contribution in [0, 0.1) is 12.7 Å². The van der Waals surface area contributed by atoms with Crippen LogP contribution < -0.4 is 5.32 Å². The molecule has 0 fully saturated rings. The monoisotopic (exact) mass is 472 g/mol. The molecular formula is C19H11F7N6O. The van der Waals surface area contributed by atoms with Gasteiger partial charge in [-0.1, -0.05) is 0 Å². The first-order chi connectivity index (χ1) is 15.3. The summed E-state index contributed by atoms with van der Waals surface area (Å²) in [4.78, 5) is 16.5. The van der Waals surface area contributed by atoms with E-state index in [1.165, 1.54) is 19.1 Å². The topological polar surface area (TPSA) is 88.0 Å². The summed E-state index contributed by atoms with van der Waals surface area (Å²) in [6, 6.07) is 6.07. The van der Waals surface area contributed by atoms with Gasteiger partial charge in [0, 0.05) is 11.6 Å². The number of amides is 1. The van der Waals surface area contributed by atoms with Crippen LogP contribution in [0.2, 0.25) is 0 Å². The van der Waals surface area contributed by atoms with Crippen LogP contribution in [-0.2, 0) is 12.4 Å². The number of hydrogen-bond donors (Lipinski definition) is 2. The van der Waals surface area contributed by atoms with Crippen molar-refractivity contribution in [3.63, 3.8) is 0 Å². The molecule has 0 saturated carbocycles. The lowest BCUT2D eigenvalue weighted by atomic mass is 10.1. The number of alkyl halides is 6. The highest BCUT2D eigenvalue weighted by Crippen LogP contribution is 2.35. The van der Waals surface area contributed by atoms with Crippen molar-refractivity contribution in [1.82, 2.24) is 24.8 Å². The van der Waals surface area contributed by atoms with E-state index in [2.05, 4.69) is 20.3 Å². The minimum atomic E-state index is -4.92. The molecule has 0 atom stereocenters. The standard InChI is InChI=1S/C19H11F7N6O/c1-8-15(16(30-29-8)19(24,25)26)28-17(33)12-7-14-27-11(9-2-4-10(20)5-3-9)6-13(18(21,22)23)32(14)31-12/h2-7H,1H3,(H,28,33)(H,29,30). The number of halogens is 7. The van der Waals surface area contributed by atoms with Crippen LogP contribution in [0.3, 0.4) is 0 Å². The Kier molecular flexibility index (Phi) is 5.10. The molecule has 0 aliphatic heterocycles. The summed E-state index contributed by atoms with van der Waals surface area (Å²) in [7, 11) is 0. The van der Waals surface area contributed by atoms with E-state index in [9.17, 15) is 35.5 Å². The summed E-state index contributed by atoms with van der Waals surface area (Å²) >= 11 is 0. The quantitative estimate of drug-likeness (QED) is 0.417. The molecule has 0 aliphatic rings. The number of carbonyl (C=O) groups excluding carboxylic acids is 1. The Labute approximate surface area is 179 Å². The van der Waals surface area contributed by atoms with Gasteiger partial charge in [-0.05, 0) is 37.3 Å². The Morgan fingerprint density at radius 3 is 2.30 bits per heavy atom. The fraction of sp³-hybridized carbons (Fsp3) is 0.158. The molecular weight excluding hydrogens is 461 g/mol. The summed E-state index contributed by atoms with van der Waals surface area (Å²) in [6.07, 6.45) is -9.80. The van der Waals surface area contributed by atoms with Gasteiger partial charge in [0.15, 0.2) is 22.7 Å². The van der Waals surface area contributed by atoms with Gasteiger partial charge in [0.1, 0.15) is 5.82 Å². The zero-order chi connectivity index (χ0) is 24.1. The zero-order valence-electron chi connectivity index (χ0n) is 16.3. The van der Waals surface area contributed by atoms with Crippen LogP contribution in [0.1, 0.15) is 27.6 Å². The molecule has 4 aromatic rings. The van der Waals surface area contributed by atoms with Crippen molar-refractivity contribution in [3.05, 3.63) is 65.0 Å². The normalized spacial score (nSPS) is 12.4. The Morgan fingerprint density at radius 2 is 1.70 bits per heavy atom. The number of carbonyl (C=O) groups is 1. The first-order valence-electron chi connectivity index (χ1n) is 9.02. The maximum atomic E-state index is 13.6.